The maximum Gasteiger partial charge on any atom is 0.328 e. The third kappa shape index (κ3) is 6.87. The standard InChI is InChI=1S/C24H24ClN3O4S/c1-14-8-9-15(2)20(10-14)28-21(29)11-22-27-17(13-33-22)12-32-24(31)16(3)26-23(30)18-6-4-5-7-19(18)25/h4-10,13,16H,11-12H2,1-3H3,(H,26,30)(H,28,29)/t16-/m0/s1. The van der Waals surface area contributed by atoms with Crippen LogP contribution in [0.25, 0.3) is 0 Å². The van der Waals surface area contributed by atoms with Crippen LogP contribution in [0.1, 0.15) is 39.1 Å². The van der Waals surface area contributed by atoms with E-state index in [4.69, 9.17) is 16.3 Å². The number of amides is 2. The van der Waals surface area contributed by atoms with Crippen molar-refractivity contribution in [2.75, 3.05) is 5.32 Å². The van der Waals surface area contributed by atoms with Crippen molar-refractivity contribution < 1.29 is 19.1 Å². The second kappa shape index (κ2) is 11.1. The summed E-state index contributed by atoms with van der Waals surface area (Å²) in [4.78, 5) is 41.3. The highest BCUT2D eigenvalue weighted by molar-refractivity contribution is 7.09. The van der Waals surface area contributed by atoms with Crippen molar-refractivity contribution in [2.24, 2.45) is 0 Å². The van der Waals surface area contributed by atoms with Crippen LogP contribution in [0.15, 0.2) is 47.8 Å². The number of nitrogens with one attached hydrogen (secondary N) is 2. The van der Waals surface area contributed by atoms with Crippen molar-refractivity contribution in [1.82, 2.24) is 10.3 Å². The van der Waals surface area contributed by atoms with Crippen LogP contribution in [0.4, 0.5) is 5.69 Å². The predicted molar refractivity (Wildman–Crippen MR) is 129 cm³/mol. The molecule has 2 amide bonds. The number of ether oxygens (including phenoxy) is 1. The number of aryl methyl sites for hydroxylation is 2. The van der Waals surface area contributed by atoms with Gasteiger partial charge in [-0.25, -0.2) is 9.78 Å². The summed E-state index contributed by atoms with van der Waals surface area (Å²) in [6.45, 7) is 5.37. The number of aromatic nitrogens is 1. The molecule has 0 radical (unpaired) electrons. The summed E-state index contributed by atoms with van der Waals surface area (Å²) in [7, 11) is 0. The zero-order valence-corrected chi connectivity index (χ0v) is 20.0. The average molecular weight is 486 g/mol. The molecule has 0 aliphatic carbocycles. The van der Waals surface area contributed by atoms with Crippen LogP contribution >= 0.6 is 22.9 Å². The van der Waals surface area contributed by atoms with Crippen molar-refractivity contribution in [2.45, 2.75) is 39.8 Å². The number of anilines is 1. The fourth-order valence-corrected chi connectivity index (χ4v) is 3.95. The molecule has 7 nitrogen and oxygen atoms in total. The summed E-state index contributed by atoms with van der Waals surface area (Å²) in [5.41, 5.74) is 3.64. The number of esters is 1. The van der Waals surface area contributed by atoms with Gasteiger partial charge in [-0.05, 0) is 50.1 Å². The van der Waals surface area contributed by atoms with Crippen LogP contribution in [-0.4, -0.2) is 28.8 Å². The Balaban J connectivity index is 1.48. The molecule has 1 heterocycles. The number of hydrogen-bond donors (Lipinski definition) is 2. The maximum absolute atomic E-state index is 12.4. The summed E-state index contributed by atoms with van der Waals surface area (Å²) in [5, 5.41) is 8.12. The van der Waals surface area contributed by atoms with Crippen molar-refractivity contribution in [3.05, 3.63) is 80.3 Å². The molecule has 0 spiro atoms. The normalized spacial score (nSPS) is 11.5. The van der Waals surface area contributed by atoms with Crippen molar-refractivity contribution in [1.29, 1.82) is 0 Å². The van der Waals surface area contributed by atoms with Crippen molar-refractivity contribution in [3.63, 3.8) is 0 Å². The first kappa shape index (κ1) is 24.4. The first-order chi connectivity index (χ1) is 15.7. The number of halogens is 1. The number of rotatable bonds is 8. The molecule has 172 valence electrons. The van der Waals surface area contributed by atoms with Gasteiger partial charge in [0.1, 0.15) is 17.7 Å². The summed E-state index contributed by atoms with van der Waals surface area (Å²) in [6.07, 6.45) is 0.121. The Morgan fingerprint density at radius 3 is 2.67 bits per heavy atom. The van der Waals surface area contributed by atoms with E-state index in [2.05, 4.69) is 15.6 Å². The minimum Gasteiger partial charge on any atom is -0.458 e. The van der Waals surface area contributed by atoms with Gasteiger partial charge in [0.15, 0.2) is 0 Å². The van der Waals surface area contributed by atoms with Crippen LogP contribution in [0.3, 0.4) is 0 Å². The van der Waals surface area contributed by atoms with E-state index in [0.717, 1.165) is 16.8 Å². The predicted octanol–water partition coefficient (Wildman–Crippen LogP) is 4.46. The molecule has 0 aliphatic heterocycles. The van der Waals surface area contributed by atoms with Gasteiger partial charge in [0.2, 0.25) is 5.91 Å². The van der Waals surface area contributed by atoms with E-state index >= 15 is 0 Å². The second-order valence-corrected chi connectivity index (χ2v) is 8.91. The molecule has 0 saturated carbocycles. The van der Waals surface area contributed by atoms with Crippen LogP contribution in [0.2, 0.25) is 5.02 Å². The van der Waals surface area contributed by atoms with Gasteiger partial charge in [0.25, 0.3) is 5.91 Å². The third-order valence-corrected chi connectivity index (χ3v) is 5.99. The van der Waals surface area contributed by atoms with Gasteiger partial charge in [-0.1, -0.05) is 35.9 Å². The first-order valence-corrected chi connectivity index (χ1v) is 11.5. The molecule has 0 saturated heterocycles. The van der Waals surface area contributed by atoms with Crippen LogP contribution < -0.4 is 10.6 Å². The molecule has 2 aromatic carbocycles. The van der Waals surface area contributed by atoms with Gasteiger partial charge in [0, 0.05) is 11.1 Å². The van der Waals surface area contributed by atoms with E-state index in [0.29, 0.717) is 15.7 Å². The first-order valence-electron chi connectivity index (χ1n) is 10.3. The summed E-state index contributed by atoms with van der Waals surface area (Å²) in [5.74, 6) is -1.23. The quantitative estimate of drug-likeness (QED) is 0.459. The lowest BCUT2D eigenvalue weighted by atomic mass is 10.1. The maximum atomic E-state index is 12.4. The van der Waals surface area contributed by atoms with Crippen molar-refractivity contribution in [3.8, 4) is 0 Å². The Morgan fingerprint density at radius 1 is 1.15 bits per heavy atom. The minimum absolute atomic E-state index is 0.0553. The van der Waals surface area contributed by atoms with Gasteiger partial charge in [-0.2, -0.15) is 0 Å². The molecule has 2 N–H and O–H groups in total. The molecule has 9 heteroatoms. The number of hydrogen-bond acceptors (Lipinski definition) is 6. The molecular weight excluding hydrogens is 462 g/mol. The van der Waals surface area contributed by atoms with E-state index in [9.17, 15) is 14.4 Å². The van der Waals surface area contributed by atoms with Gasteiger partial charge in [0.05, 0.1) is 22.7 Å². The highest BCUT2D eigenvalue weighted by atomic mass is 35.5. The number of nitrogens with zero attached hydrogens (tertiary/aromatic N) is 1. The number of benzene rings is 2. The highest BCUT2D eigenvalue weighted by Gasteiger charge is 2.20. The van der Waals surface area contributed by atoms with Crippen LogP contribution in [0, 0.1) is 13.8 Å². The average Bonchev–Trinajstić information content (AvgIpc) is 3.21. The SMILES string of the molecule is Cc1ccc(C)c(NC(=O)Cc2nc(COC(=O)[C@H](C)NC(=O)c3ccccc3Cl)cs2)c1. The van der Waals surface area contributed by atoms with E-state index in [-0.39, 0.29) is 24.5 Å². The summed E-state index contributed by atoms with van der Waals surface area (Å²) < 4.78 is 5.26. The van der Waals surface area contributed by atoms with Gasteiger partial charge >= 0.3 is 5.97 Å². The Morgan fingerprint density at radius 2 is 1.91 bits per heavy atom. The Bertz CT molecular complexity index is 1180. The van der Waals surface area contributed by atoms with E-state index in [1.165, 1.54) is 18.3 Å². The zero-order valence-electron chi connectivity index (χ0n) is 18.5. The molecular formula is C24H24ClN3O4S. The Hall–Kier alpha value is -3.23. The molecule has 0 unspecified atom stereocenters. The Kier molecular flexibility index (Phi) is 8.19. The molecule has 0 aliphatic rings. The Labute approximate surface area is 201 Å². The van der Waals surface area contributed by atoms with Gasteiger partial charge in [-0.15, -0.1) is 11.3 Å². The monoisotopic (exact) mass is 485 g/mol. The van der Waals surface area contributed by atoms with E-state index < -0.39 is 17.9 Å². The van der Waals surface area contributed by atoms with Crippen LogP contribution in [-0.2, 0) is 27.4 Å². The summed E-state index contributed by atoms with van der Waals surface area (Å²) >= 11 is 7.33. The van der Waals surface area contributed by atoms with Gasteiger partial charge < -0.3 is 15.4 Å². The lowest BCUT2D eigenvalue weighted by Crippen LogP contribution is -2.39. The highest BCUT2D eigenvalue weighted by Crippen LogP contribution is 2.18. The smallest absolute Gasteiger partial charge is 0.328 e. The van der Waals surface area contributed by atoms with Crippen molar-refractivity contribution >= 4 is 46.4 Å². The number of carbonyl (C=O) groups is 3. The zero-order chi connectivity index (χ0) is 24.0. The molecule has 1 aromatic heterocycles. The number of carbonyl (C=O) groups excluding carboxylic acids is 3. The fourth-order valence-electron chi connectivity index (χ4n) is 2.95. The molecule has 33 heavy (non-hydrogen) atoms. The molecule has 1 atom stereocenters. The minimum atomic E-state index is -0.866. The third-order valence-electron chi connectivity index (χ3n) is 4.76. The number of thiazole rings is 1. The molecule has 0 fully saturated rings. The van der Waals surface area contributed by atoms with Gasteiger partial charge in [-0.3, -0.25) is 9.59 Å². The second-order valence-electron chi connectivity index (χ2n) is 7.56. The lowest BCUT2D eigenvalue weighted by Gasteiger charge is -2.13. The van der Waals surface area contributed by atoms with Crippen LogP contribution in [0.5, 0.6) is 0 Å². The van der Waals surface area contributed by atoms with E-state index in [1.54, 1.807) is 29.6 Å². The molecule has 3 rings (SSSR count). The summed E-state index contributed by atoms with van der Waals surface area (Å²) in [6, 6.07) is 11.6. The largest absolute Gasteiger partial charge is 0.458 e. The topological polar surface area (TPSA) is 97.4 Å². The lowest BCUT2D eigenvalue weighted by molar-refractivity contribution is -0.146. The molecule has 3 aromatic rings. The van der Waals surface area contributed by atoms with E-state index in [1.807, 2.05) is 32.0 Å². The molecule has 0 bridgehead atoms. The fraction of sp³-hybridized carbons (Fsp3) is 0.250.